The quantitative estimate of drug-likeness (QED) is 0.796. The zero-order valence-electron chi connectivity index (χ0n) is 9.91. The highest BCUT2D eigenvalue weighted by Gasteiger charge is 2.13. The van der Waals surface area contributed by atoms with Crippen molar-refractivity contribution in [2.24, 2.45) is 0 Å². The fourth-order valence-electron chi connectivity index (χ4n) is 1.30. The van der Waals surface area contributed by atoms with Crippen LogP contribution in [0, 0.1) is 6.92 Å². The maximum absolute atomic E-state index is 9.92. The molecule has 0 saturated heterocycles. The van der Waals surface area contributed by atoms with Crippen LogP contribution in [0.2, 0.25) is 0 Å². The lowest BCUT2D eigenvalue weighted by Crippen LogP contribution is -2.38. The van der Waals surface area contributed by atoms with Gasteiger partial charge in [-0.15, -0.1) is 0 Å². The van der Waals surface area contributed by atoms with Crippen LogP contribution in [0.15, 0.2) is 18.3 Å². The molecular formula is C12H20N2O. The van der Waals surface area contributed by atoms with E-state index in [4.69, 9.17) is 0 Å². The second kappa shape index (κ2) is 4.73. The van der Waals surface area contributed by atoms with Crippen LogP contribution in [-0.4, -0.2) is 22.2 Å². The van der Waals surface area contributed by atoms with Crippen molar-refractivity contribution in [3.05, 3.63) is 29.6 Å². The Balaban J connectivity index is 2.58. The summed E-state index contributed by atoms with van der Waals surface area (Å²) in [6.45, 7) is 8.73. The van der Waals surface area contributed by atoms with Gasteiger partial charge in [0.2, 0.25) is 0 Å². The number of pyridine rings is 1. The number of aliphatic hydroxyl groups is 1. The second-order valence-corrected chi connectivity index (χ2v) is 4.88. The molecule has 0 radical (unpaired) electrons. The van der Waals surface area contributed by atoms with Crippen molar-refractivity contribution in [3.63, 3.8) is 0 Å². The number of aryl methyl sites for hydroxylation is 1. The van der Waals surface area contributed by atoms with E-state index in [2.05, 4.69) is 31.1 Å². The van der Waals surface area contributed by atoms with Crippen LogP contribution in [0.5, 0.6) is 0 Å². The molecule has 0 aromatic carbocycles. The summed E-state index contributed by atoms with van der Waals surface area (Å²) in [5, 5.41) is 13.2. The molecule has 0 aliphatic carbocycles. The van der Waals surface area contributed by atoms with E-state index in [1.54, 1.807) is 6.20 Å². The van der Waals surface area contributed by atoms with Gasteiger partial charge in [0, 0.05) is 24.0 Å². The van der Waals surface area contributed by atoms with E-state index in [-0.39, 0.29) is 5.54 Å². The molecule has 2 N–H and O–H groups in total. The lowest BCUT2D eigenvalue weighted by Gasteiger charge is -2.23. The highest BCUT2D eigenvalue weighted by atomic mass is 16.3. The number of rotatable bonds is 3. The molecule has 0 aliphatic rings. The van der Waals surface area contributed by atoms with Gasteiger partial charge in [0.1, 0.15) is 0 Å². The molecular weight excluding hydrogens is 188 g/mol. The van der Waals surface area contributed by atoms with Crippen molar-refractivity contribution in [1.82, 2.24) is 10.3 Å². The molecule has 0 aliphatic heterocycles. The van der Waals surface area contributed by atoms with Gasteiger partial charge in [0.25, 0.3) is 0 Å². The summed E-state index contributed by atoms with van der Waals surface area (Å²) in [6.07, 6.45) is 1.26. The van der Waals surface area contributed by atoms with Gasteiger partial charge in [-0.3, -0.25) is 4.98 Å². The molecule has 0 amide bonds. The molecule has 3 heteroatoms. The molecule has 0 fully saturated rings. The first-order chi connectivity index (χ1) is 6.88. The number of hydrogen-bond donors (Lipinski definition) is 2. The number of nitrogens with zero attached hydrogens (tertiary/aromatic N) is 1. The van der Waals surface area contributed by atoms with Crippen molar-refractivity contribution in [1.29, 1.82) is 0 Å². The van der Waals surface area contributed by atoms with E-state index in [0.29, 0.717) is 6.54 Å². The fourth-order valence-corrected chi connectivity index (χ4v) is 1.30. The maximum atomic E-state index is 9.92. The Kier molecular flexibility index (Phi) is 3.83. The Hall–Kier alpha value is -0.930. The van der Waals surface area contributed by atoms with Crippen molar-refractivity contribution in [3.8, 4) is 0 Å². The van der Waals surface area contributed by atoms with Gasteiger partial charge in [-0.05, 0) is 45.4 Å². The smallest absolute Gasteiger partial charge is 0.0915 e. The Labute approximate surface area is 91.5 Å². The first-order valence-corrected chi connectivity index (χ1v) is 5.24. The van der Waals surface area contributed by atoms with Gasteiger partial charge in [-0.1, -0.05) is 0 Å². The minimum atomic E-state index is -0.467. The summed E-state index contributed by atoms with van der Waals surface area (Å²) < 4.78 is 0. The number of β-amino-alcohol motifs (C(OH)–C–C–N with tert-alkyl or cyclic N) is 1. The lowest BCUT2D eigenvalue weighted by molar-refractivity contribution is 0.163. The van der Waals surface area contributed by atoms with E-state index in [0.717, 1.165) is 11.3 Å². The van der Waals surface area contributed by atoms with E-state index < -0.39 is 6.10 Å². The molecule has 3 nitrogen and oxygen atoms in total. The molecule has 1 aromatic heterocycles. The molecule has 1 aromatic rings. The first-order valence-electron chi connectivity index (χ1n) is 5.24. The zero-order valence-corrected chi connectivity index (χ0v) is 9.91. The van der Waals surface area contributed by atoms with Gasteiger partial charge in [-0.25, -0.2) is 0 Å². The van der Waals surface area contributed by atoms with Crippen LogP contribution in [0.25, 0.3) is 0 Å². The maximum Gasteiger partial charge on any atom is 0.0915 e. The second-order valence-electron chi connectivity index (χ2n) is 4.88. The van der Waals surface area contributed by atoms with Crippen LogP contribution in [-0.2, 0) is 0 Å². The van der Waals surface area contributed by atoms with Crippen LogP contribution in [0.3, 0.4) is 0 Å². The minimum absolute atomic E-state index is 0.0308. The first kappa shape index (κ1) is 12.1. The largest absolute Gasteiger partial charge is 0.387 e. The molecule has 1 rings (SSSR count). The number of aromatic nitrogens is 1. The van der Waals surface area contributed by atoms with Crippen molar-refractivity contribution < 1.29 is 5.11 Å². The highest BCUT2D eigenvalue weighted by Crippen LogP contribution is 2.13. The summed E-state index contributed by atoms with van der Waals surface area (Å²) in [5.74, 6) is 0. The van der Waals surface area contributed by atoms with Crippen LogP contribution < -0.4 is 5.32 Å². The van der Waals surface area contributed by atoms with Crippen molar-refractivity contribution in [2.45, 2.75) is 39.3 Å². The molecule has 0 spiro atoms. The van der Waals surface area contributed by atoms with Crippen LogP contribution in [0.4, 0.5) is 0 Å². The molecule has 84 valence electrons. The number of hydrogen-bond acceptors (Lipinski definition) is 3. The minimum Gasteiger partial charge on any atom is -0.387 e. The predicted molar refractivity (Wildman–Crippen MR) is 61.7 cm³/mol. The average molecular weight is 208 g/mol. The normalized spacial score (nSPS) is 13.9. The van der Waals surface area contributed by atoms with Crippen molar-refractivity contribution >= 4 is 0 Å². The summed E-state index contributed by atoms with van der Waals surface area (Å²) in [7, 11) is 0. The Bertz CT molecular complexity index is 318. The Morgan fingerprint density at radius 2 is 2.13 bits per heavy atom. The van der Waals surface area contributed by atoms with Gasteiger partial charge >= 0.3 is 0 Å². The SMILES string of the molecule is Cc1cc([C@H](O)CNC(C)(C)C)ccn1. The van der Waals surface area contributed by atoms with E-state index in [1.807, 2.05) is 19.1 Å². The third-order valence-corrected chi connectivity index (χ3v) is 2.13. The van der Waals surface area contributed by atoms with Gasteiger partial charge in [0.05, 0.1) is 6.10 Å². The molecule has 0 saturated carbocycles. The predicted octanol–water partition coefficient (Wildman–Crippen LogP) is 1.81. The van der Waals surface area contributed by atoms with Crippen LogP contribution in [0.1, 0.15) is 38.1 Å². The summed E-state index contributed by atoms with van der Waals surface area (Å²) in [5.41, 5.74) is 1.88. The third-order valence-electron chi connectivity index (χ3n) is 2.13. The monoisotopic (exact) mass is 208 g/mol. The van der Waals surface area contributed by atoms with E-state index in [1.165, 1.54) is 0 Å². The van der Waals surface area contributed by atoms with Gasteiger partial charge in [0.15, 0.2) is 0 Å². The number of nitrogens with one attached hydrogen (secondary N) is 1. The van der Waals surface area contributed by atoms with Crippen LogP contribution >= 0.6 is 0 Å². The highest BCUT2D eigenvalue weighted by molar-refractivity contribution is 5.18. The van der Waals surface area contributed by atoms with E-state index >= 15 is 0 Å². The molecule has 0 unspecified atom stereocenters. The average Bonchev–Trinajstić information content (AvgIpc) is 2.13. The lowest BCUT2D eigenvalue weighted by atomic mass is 10.1. The molecule has 1 heterocycles. The molecule has 0 bridgehead atoms. The molecule has 15 heavy (non-hydrogen) atoms. The third kappa shape index (κ3) is 4.40. The fraction of sp³-hybridized carbons (Fsp3) is 0.583. The summed E-state index contributed by atoms with van der Waals surface area (Å²) in [4.78, 5) is 4.10. The van der Waals surface area contributed by atoms with Gasteiger partial charge < -0.3 is 10.4 Å². The summed E-state index contributed by atoms with van der Waals surface area (Å²) >= 11 is 0. The standard InChI is InChI=1S/C12H20N2O/c1-9-7-10(5-6-13-9)11(15)8-14-12(2,3)4/h5-7,11,14-15H,8H2,1-4H3/t11-/m1/s1. The topological polar surface area (TPSA) is 45.1 Å². The number of aliphatic hydroxyl groups excluding tert-OH is 1. The Morgan fingerprint density at radius 3 is 2.67 bits per heavy atom. The zero-order chi connectivity index (χ0) is 11.5. The van der Waals surface area contributed by atoms with Gasteiger partial charge in [-0.2, -0.15) is 0 Å². The molecule has 1 atom stereocenters. The summed E-state index contributed by atoms with van der Waals surface area (Å²) in [6, 6.07) is 3.76. The van der Waals surface area contributed by atoms with Crippen molar-refractivity contribution in [2.75, 3.05) is 6.54 Å². The van der Waals surface area contributed by atoms with E-state index in [9.17, 15) is 5.11 Å². The Morgan fingerprint density at radius 1 is 1.47 bits per heavy atom.